The van der Waals surface area contributed by atoms with Gasteiger partial charge in [0.15, 0.2) is 0 Å². The van der Waals surface area contributed by atoms with E-state index in [4.69, 9.17) is 0 Å². The molecule has 344 valence electrons. The second-order valence-corrected chi connectivity index (χ2v) is 20.0. The van der Waals surface area contributed by atoms with E-state index in [1.165, 1.54) is 89.5 Å². The van der Waals surface area contributed by atoms with Crippen molar-refractivity contribution in [2.75, 3.05) is 6.61 Å². The SMILES string of the molecule is C/C(=C/CC/C(C)=C/CC/C(C)=C/CC/C(C)=C/CC/C(C)=C/CC/C(C)=C/CC/C(C)=C/CC/C(C)=C/CCC(C)CCOP(=O)([O-])[O-])CC/C=C(/C)CCCC(C)C. The zero-order valence-electron chi connectivity index (χ0n) is 41.2. The van der Waals surface area contributed by atoms with Crippen molar-refractivity contribution >= 4 is 7.82 Å². The van der Waals surface area contributed by atoms with E-state index >= 15 is 0 Å². The van der Waals surface area contributed by atoms with Gasteiger partial charge in [-0.3, -0.25) is 0 Å². The second kappa shape index (κ2) is 36.3. The van der Waals surface area contributed by atoms with Crippen molar-refractivity contribution in [3.05, 3.63) is 105 Å². The summed E-state index contributed by atoms with van der Waals surface area (Å²) in [7, 11) is -4.85. The Bertz CT molecular complexity index is 1490. The van der Waals surface area contributed by atoms with Gasteiger partial charge in [-0.25, -0.2) is 0 Å². The van der Waals surface area contributed by atoms with Gasteiger partial charge in [0.05, 0.1) is 14.4 Å². The van der Waals surface area contributed by atoms with Gasteiger partial charge in [-0.1, -0.05) is 132 Å². The summed E-state index contributed by atoms with van der Waals surface area (Å²) in [4.78, 5) is 21.2. The molecule has 0 aliphatic carbocycles. The third-order valence-electron chi connectivity index (χ3n) is 11.6. The Balaban J connectivity index is 4.24. The predicted octanol–water partition coefficient (Wildman–Crippen LogP) is 17.2. The summed E-state index contributed by atoms with van der Waals surface area (Å²) < 4.78 is 14.9. The van der Waals surface area contributed by atoms with Crippen LogP contribution in [0.15, 0.2) is 105 Å². The highest BCUT2D eigenvalue weighted by Gasteiger charge is 2.03. The normalized spacial score (nSPS) is 15.5. The molecule has 0 heterocycles. The Kier molecular flexibility index (Phi) is 34.9. The first kappa shape index (κ1) is 57.8. The average Bonchev–Trinajstić information content (AvgIpc) is 3.14. The van der Waals surface area contributed by atoms with Crippen LogP contribution < -0.4 is 9.79 Å². The summed E-state index contributed by atoms with van der Waals surface area (Å²) in [5.74, 6) is 1.14. The summed E-state index contributed by atoms with van der Waals surface area (Å²) in [6.45, 7) is 27.2. The molecule has 0 fully saturated rings. The van der Waals surface area contributed by atoms with Gasteiger partial charge < -0.3 is 18.9 Å². The van der Waals surface area contributed by atoms with Crippen LogP contribution in [0.25, 0.3) is 0 Å². The van der Waals surface area contributed by atoms with Crippen LogP contribution >= 0.6 is 7.82 Å². The standard InChI is InChI=1S/C55H95O4P/c1-45(2)23-13-24-46(3)25-14-26-47(4)27-15-28-48(5)29-16-30-49(6)31-17-32-50(7)33-18-34-51(8)35-19-36-52(9)37-20-38-53(10)39-21-40-54(11)41-22-42-55(12)43-44-59-60(56,57)58/h25,27,29,31,33,35,37,39,41,45,55H,13-24,26,28,30,32,34,36,38,40,42-44H2,1-12H3,(H2,56,57,58)/p-2/b46-25-,47-27-,48-29+,49-31+,50-33+,51-35+,52-37+,53-39+,54-41+. The van der Waals surface area contributed by atoms with Crippen LogP contribution in [-0.4, -0.2) is 6.61 Å². The third-order valence-corrected chi connectivity index (χ3v) is 12.1. The Morgan fingerprint density at radius 2 is 0.650 bits per heavy atom. The number of phosphoric acid groups is 1. The molecule has 0 aromatic heterocycles. The highest BCUT2D eigenvalue weighted by molar-refractivity contribution is 7.43. The van der Waals surface area contributed by atoms with E-state index < -0.39 is 7.82 Å². The molecule has 0 aromatic rings. The van der Waals surface area contributed by atoms with E-state index in [9.17, 15) is 14.4 Å². The van der Waals surface area contributed by atoms with Crippen LogP contribution in [0, 0.1) is 11.8 Å². The monoisotopic (exact) mass is 849 g/mol. The smallest absolute Gasteiger partial charge is 0.0596 e. The molecule has 0 aliphatic heterocycles. The van der Waals surface area contributed by atoms with Crippen LogP contribution in [0.2, 0.25) is 0 Å². The summed E-state index contributed by atoms with van der Waals surface area (Å²) in [6.07, 6.45) is 46.4. The average molecular weight is 849 g/mol. The molecule has 0 saturated heterocycles. The quantitative estimate of drug-likeness (QED) is 0.0470. The molecule has 0 spiro atoms. The van der Waals surface area contributed by atoms with Gasteiger partial charge in [-0.05, 0) is 209 Å². The van der Waals surface area contributed by atoms with E-state index in [2.05, 4.69) is 142 Å². The minimum atomic E-state index is -4.85. The van der Waals surface area contributed by atoms with E-state index in [0.717, 1.165) is 95.8 Å². The van der Waals surface area contributed by atoms with Gasteiger partial charge in [-0.2, -0.15) is 0 Å². The van der Waals surface area contributed by atoms with Crippen LogP contribution in [0.5, 0.6) is 0 Å². The van der Waals surface area contributed by atoms with Crippen molar-refractivity contribution in [3.63, 3.8) is 0 Å². The summed E-state index contributed by atoms with van der Waals surface area (Å²) in [5.41, 5.74) is 13.5. The zero-order valence-corrected chi connectivity index (χ0v) is 42.1. The number of rotatable bonds is 35. The minimum Gasteiger partial charge on any atom is -0.790 e. The lowest BCUT2D eigenvalue weighted by atomic mass is 10.0. The van der Waals surface area contributed by atoms with E-state index in [1.807, 2.05) is 0 Å². The second-order valence-electron chi connectivity index (χ2n) is 18.8. The molecule has 0 radical (unpaired) electrons. The molecule has 0 amide bonds. The van der Waals surface area contributed by atoms with Crippen molar-refractivity contribution < 1.29 is 18.9 Å². The van der Waals surface area contributed by atoms with Gasteiger partial charge in [0.1, 0.15) is 0 Å². The minimum absolute atomic E-state index is 0.0175. The topological polar surface area (TPSA) is 72.4 Å². The molecule has 4 nitrogen and oxygen atoms in total. The maximum Gasteiger partial charge on any atom is 0.0596 e. The van der Waals surface area contributed by atoms with Crippen LogP contribution in [-0.2, 0) is 9.09 Å². The lowest BCUT2D eigenvalue weighted by Crippen LogP contribution is -2.17. The molecule has 0 aliphatic rings. The van der Waals surface area contributed by atoms with Gasteiger partial charge in [0.2, 0.25) is 0 Å². The van der Waals surface area contributed by atoms with E-state index in [-0.39, 0.29) is 6.61 Å². The Labute approximate surface area is 372 Å². The van der Waals surface area contributed by atoms with Crippen molar-refractivity contribution in [3.8, 4) is 0 Å². The highest BCUT2D eigenvalue weighted by atomic mass is 31.2. The lowest BCUT2D eigenvalue weighted by molar-refractivity contribution is -0.341. The summed E-state index contributed by atoms with van der Waals surface area (Å²) >= 11 is 0. The van der Waals surface area contributed by atoms with Crippen LogP contribution in [0.4, 0.5) is 0 Å². The highest BCUT2D eigenvalue weighted by Crippen LogP contribution is 2.26. The number of hydrogen-bond acceptors (Lipinski definition) is 4. The molecular weight excluding hydrogens is 756 g/mol. The fraction of sp³-hybridized carbons (Fsp3) is 0.673. The lowest BCUT2D eigenvalue weighted by Gasteiger charge is -2.29. The molecular formula is C55H93O4P-2. The van der Waals surface area contributed by atoms with Crippen molar-refractivity contribution in [2.24, 2.45) is 11.8 Å². The zero-order chi connectivity index (χ0) is 45.2. The fourth-order valence-corrected chi connectivity index (χ4v) is 7.53. The molecule has 1 unspecified atom stereocenters. The predicted molar refractivity (Wildman–Crippen MR) is 263 cm³/mol. The van der Waals surface area contributed by atoms with Gasteiger partial charge in [-0.15, -0.1) is 0 Å². The first-order valence-corrected chi connectivity index (χ1v) is 25.4. The Morgan fingerprint density at radius 1 is 0.400 bits per heavy atom. The molecule has 1 atom stereocenters. The molecule has 0 saturated carbocycles. The van der Waals surface area contributed by atoms with Crippen molar-refractivity contribution in [2.45, 2.75) is 224 Å². The van der Waals surface area contributed by atoms with Gasteiger partial charge >= 0.3 is 0 Å². The Morgan fingerprint density at radius 3 is 0.900 bits per heavy atom. The molecule has 0 aromatic carbocycles. The first-order chi connectivity index (χ1) is 28.4. The van der Waals surface area contributed by atoms with Gasteiger partial charge in [0, 0.05) is 0 Å². The Hall–Kier alpha value is -2.23. The maximum atomic E-state index is 10.6. The molecule has 0 bridgehead atoms. The summed E-state index contributed by atoms with van der Waals surface area (Å²) in [5, 5.41) is 0. The number of phosphoric ester groups is 1. The molecule has 5 heteroatoms. The van der Waals surface area contributed by atoms with Gasteiger partial charge in [0.25, 0.3) is 0 Å². The molecule has 60 heavy (non-hydrogen) atoms. The number of hydrogen-bond donors (Lipinski definition) is 0. The van der Waals surface area contributed by atoms with Crippen LogP contribution in [0.3, 0.4) is 0 Å². The molecule has 0 rings (SSSR count). The van der Waals surface area contributed by atoms with Crippen molar-refractivity contribution in [1.82, 2.24) is 0 Å². The fourth-order valence-electron chi connectivity index (χ4n) is 7.20. The largest absolute Gasteiger partial charge is 0.790 e. The first-order valence-electron chi connectivity index (χ1n) is 23.9. The molecule has 0 N–H and O–H groups in total. The van der Waals surface area contributed by atoms with E-state index in [0.29, 0.717) is 12.3 Å². The van der Waals surface area contributed by atoms with Crippen LogP contribution in [0.1, 0.15) is 224 Å². The summed E-state index contributed by atoms with van der Waals surface area (Å²) in [6, 6.07) is 0. The third kappa shape index (κ3) is 39.9. The number of allylic oxidation sites excluding steroid dienone is 18. The maximum absolute atomic E-state index is 10.6. The van der Waals surface area contributed by atoms with Crippen molar-refractivity contribution in [1.29, 1.82) is 0 Å². The van der Waals surface area contributed by atoms with E-state index in [1.54, 1.807) is 5.57 Å².